The highest BCUT2D eigenvalue weighted by Gasteiger charge is 2.58. The molecule has 0 bridgehead atoms. The van der Waals surface area contributed by atoms with Crippen molar-refractivity contribution in [2.45, 2.75) is 388 Å². The molecule has 24 nitrogen and oxygen atoms in total. The maximum Gasteiger partial charge on any atom is 0.472 e. The number of hydrogen-bond donors (Lipinski definition) is 11. The molecule has 3 rings (SSSR count). The quantitative estimate of drug-likeness (QED) is 0.00512. The predicted molar refractivity (Wildman–Crippen MR) is 374 cm³/mol. The van der Waals surface area contributed by atoms with Crippen LogP contribution in [-0.4, -0.2) is 204 Å². The monoisotopic (exact) mass is 1440 g/mol. The summed E-state index contributed by atoms with van der Waals surface area (Å²) in [6.45, 7) is 3.35. The number of esters is 3. The summed E-state index contributed by atoms with van der Waals surface area (Å²) < 4.78 is 64.8. The number of phosphoric acid groups is 1. The Labute approximate surface area is 591 Å². The van der Waals surface area contributed by atoms with E-state index in [1.807, 2.05) is 6.08 Å². The number of carbonyl (C=O) groups is 3. The fourth-order valence-corrected chi connectivity index (χ4v) is 13.5. The van der Waals surface area contributed by atoms with Crippen LogP contribution < -0.4 is 0 Å². The first-order valence-electron chi connectivity index (χ1n) is 38.3. The van der Waals surface area contributed by atoms with E-state index in [1.165, 1.54) is 134 Å². The zero-order valence-corrected chi connectivity index (χ0v) is 61.2. The van der Waals surface area contributed by atoms with Gasteiger partial charge >= 0.3 is 25.7 Å². The van der Waals surface area contributed by atoms with Crippen LogP contribution in [0.5, 0.6) is 0 Å². The van der Waals surface area contributed by atoms with Crippen molar-refractivity contribution < 1.29 is 117 Å². The molecular formula is C74H133O24P. The van der Waals surface area contributed by atoms with E-state index in [9.17, 15) is 74.9 Å². The second-order valence-corrected chi connectivity index (χ2v) is 28.8. The molecule has 1 aliphatic carbocycles. The molecule has 2 saturated heterocycles. The predicted octanol–water partition coefficient (Wildman–Crippen LogP) is 10.7. The number of phosphoric ester groups is 1. The van der Waals surface area contributed by atoms with E-state index < -0.39 is 156 Å². The molecule has 0 aromatic rings. The lowest BCUT2D eigenvalue weighted by atomic mass is 9.84. The highest BCUT2D eigenvalue weighted by molar-refractivity contribution is 7.47. The van der Waals surface area contributed by atoms with Gasteiger partial charge in [0.2, 0.25) is 0 Å². The van der Waals surface area contributed by atoms with Gasteiger partial charge in [-0.25, -0.2) is 9.36 Å². The summed E-state index contributed by atoms with van der Waals surface area (Å²) >= 11 is 0. The zero-order chi connectivity index (χ0) is 72.5. The molecule has 0 aromatic carbocycles. The normalized spacial score (nSPS) is 27.7. The first-order chi connectivity index (χ1) is 47.8. The Morgan fingerprint density at radius 2 is 0.788 bits per heavy atom. The standard InChI is InChI=1S/C74H133O24P/c1-4-7-10-13-16-19-22-25-28-31-34-37-40-43-46-49-59(77)91-54-57-62(80)64(82)69(87)74(95-57)97-71-67(85)65(83)66(84)70(96-73-68(86)63(81)61(79)56(51-75)94-73)72(71)98-99(88,89)92-53-55(52-90-58(76)48-45-42-39-36-33-30-27-24-21-18-15-12-9-6-3)93-60(78)50-47-44-41-38-35-32-29-26-23-20-17-14-11-8-5-2/h20,23,40,43,46,49,55-57,61-75,79-87H,4-19,21-22,24-39,41-42,44-45,47-48,50-54H2,1-3H3,(H,88,89)/b23-20-,43-40+,49-46+. The molecule has 0 aromatic heterocycles. The molecule has 2 aliphatic heterocycles. The first-order valence-corrected chi connectivity index (χ1v) is 39.8. The lowest BCUT2D eigenvalue weighted by molar-refractivity contribution is -0.360. The Kier molecular flexibility index (Phi) is 50.8. The van der Waals surface area contributed by atoms with Crippen molar-refractivity contribution in [1.29, 1.82) is 0 Å². The molecule has 3 aliphatic rings. The van der Waals surface area contributed by atoms with E-state index in [4.69, 9.17) is 42.2 Å². The molecule has 0 spiro atoms. The van der Waals surface area contributed by atoms with Crippen LogP contribution in [-0.2, 0) is 61.2 Å². The van der Waals surface area contributed by atoms with Gasteiger partial charge in [-0.1, -0.05) is 250 Å². The molecule has 3 fully saturated rings. The van der Waals surface area contributed by atoms with Crippen molar-refractivity contribution in [2.24, 2.45) is 0 Å². The van der Waals surface area contributed by atoms with Crippen molar-refractivity contribution in [1.82, 2.24) is 0 Å². The largest absolute Gasteiger partial charge is 0.472 e. The maximum atomic E-state index is 14.3. The van der Waals surface area contributed by atoms with Crippen molar-refractivity contribution >= 4 is 25.7 Å². The molecule has 25 heteroatoms. The number of ether oxygens (including phenoxy) is 7. The van der Waals surface area contributed by atoms with Crippen LogP contribution in [0.4, 0.5) is 0 Å². The summed E-state index contributed by atoms with van der Waals surface area (Å²) in [7, 11) is -5.71. The smallest absolute Gasteiger partial charge is 0.462 e. The van der Waals surface area contributed by atoms with E-state index in [1.54, 1.807) is 6.08 Å². The van der Waals surface area contributed by atoms with Gasteiger partial charge in [-0.15, -0.1) is 0 Å². The molecule has 0 radical (unpaired) electrons. The summed E-state index contributed by atoms with van der Waals surface area (Å²) in [5.41, 5.74) is 0. The van der Waals surface area contributed by atoms with E-state index in [0.29, 0.717) is 12.8 Å². The van der Waals surface area contributed by atoms with Gasteiger partial charge in [0.15, 0.2) is 18.7 Å². The minimum Gasteiger partial charge on any atom is -0.462 e. The third kappa shape index (κ3) is 38.7. The Morgan fingerprint density at radius 1 is 0.414 bits per heavy atom. The van der Waals surface area contributed by atoms with Gasteiger partial charge in [0, 0.05) is 18.9 Å². The number of hydrogen-bond acceptors (Lipinski definition) is 23. The Balaban J connectivity index is 1.74. The van der Waals surface area contributed by atoms with E-state index >= 15 is 0 Å². The van der Waals surface area contributed by atoms with Gasteiger partial charge in [-0.05, 0) is 51.4 Å². The fraction of sp³-hybridized carbons (Fsp3) is 0.878. The molecule has 99 heavy (non-hydrogen) atoms. The van der Waals surface area contributed by atoms with E-state index in [-0.39, 0.29) is 12.8 Å². The second kappa shape index (κ2) is 55.6. The third-order valence-electron chi connectivity index (χ3n) is 18.7. The summed E-state index contributed by atoms with van der Waals surface area (Å²) in [5, 5.41) is 110. The van der Waals surface area contributed by atoms with Crippen LogP contribution in [0.3, 0.4) is 0 Å². The number of allylic oxidation sites excluding steroid dienone is 5. The second-order valence-electron chi connectivity index (χ2n) is 27.4. The number of rotatable bonds is 59. The average molecular weight is 1440 g/mol. The van der Waals surface area contributed by atoms with E-state index in [2.05, 4.69) is 32.9 Å². The molecule has 2 heterocycles. The van der Waals surface area contributed by atoms with Crippen LogP contribution in [0.15, 0.2) is 36.5 Å². The SMILES string of the molecule is CCCCCC/C=C\CCCCCCCCCC(=O)OC(COC(=O)CCCCCCCCCCCCCCCC)COP(=O)(O)OC1C(OC2OC(CO)C(O)C(O)C2O)C(O)C(O)C(O)C1OC1OC(COC(=O)/C=C/C=C/CCCCCCCCCCCCC)C(O)C(O)C1O. The number of unbranched alkanes of at least 4 members (excludes halogenated alkanes) is 35. The molecule has 18 atom stereocenters. The van der Waals surface area contributed by atoms with Crippen molar-refractivity contribution in [2.75, 3.05) is 26.4 Å². The van der Waals surface area contributed by atoms with Crippen LogP contribution in [0.2, 0.25) is 0 Å². The molecule has 0 amide bonds. The fourth-order valence-electron chi connectivity index (χ4n) is 12.5. The first kappa shape index (κ1) is 90.4. The highest BCUT2D eigenvalue weighted by Crippen LogP contribution is 2.49. The number of aliphatic hydroxyl groups is 10. The van der Waals surface area contributed by atoms with Crippen molar-refractivity contribution in [3.05, 3.63) is 36.5 Å². The zero-order valence-electron chi connectivity index (χ0n) is 60.3. The van der Waals surface area contributed by atoms with E-state index in [0.717, 1.165) is 115 Å². The van der Waals surface area contributed by atoms with Crippen LogP contribution in [0.25, 0.3) is 0 Å². The molecule has 11 N–H and O–H groups in total. The molecule has 1 saturated carbocycles. The third-order valence-corrected chi connectivity index (χ3v) is 19.7. The van der Waals surface area contributed by atoms with Gasteiger partial charge in [0.25, 0.3) is 0 Å². The highest BCUT2D eigenvalue weighted by atomic mass is 31.2. The Morgan fingerprint density at radius 3 is 1.23 bits per heavy atom. The lowest BCUT2D eigenvalue weighted by Crippen LogP contribution is -2.69. The average Bonchev–Trinajstić information content (AvgIpc) is 0.763. The molecule has 578 valence electrons. The number of aliphatic hydroxyl groups excluding tert-OH is 10. The topological polar surface area (TPSA) is 374 Å². The van der Waals surface area contributed by atoms with Crippen LogP contribution in [0.1, 0.15) is 284 Å². The van der Waals surface area contributed by atoms with Gasteiger partial charge in [0.05, 0.1) is 13.2 Å². The van der Waals surface area contributed by atoms with Gasteiger partial charge < -0.3 is 89.1 Å². The minimum absolute atomic E-state index is 0.0441. The van der Waals surface area contributed by atoms with Gasteiger partial charge in [-0.3, -0.25) is 18.6 Å². The van der Waals surface area contributed by atoms with Gasteiger partial charge in [-0.2, -0.15) is 0 Å². The summed E-state index contributed by atoms with van der Waals surface area (Å²) in [6, 6.07) is 0. The van der Waals surface area contributed by atoms with Crippen LogP contribution in [0, 0.1) is 0 Å². The van der Waals surface area contributed by atoms with Crippen LogP contribution >= 0.6 is 7.82 Å². The Hall–Kier alpha value is -2.82. The van der Waals surface area contributed by atoms with Gasteiger partial charge in [0.1, 0.15) is 98.7 Å². The summed E-state index contributed by atoms with van der Waals surface area (Å²) in [4.78, 5) is 50.9. The molecule has 18 unspecified atom stereocenters. The van der Waals surface area contributed by atoms with Crippen molar-refractivity contribution in [3.63, 3.8) is 0 Å². The maximum absolute atomic E-state index is 14.3. The number of carbonyl (C=O) groups excluding carboxylic acids is 3. The Bertz CT molecular complexity index is 2190. The lowest BCUT2D eigenvalue weighted by Gasteiger charge is -2.49. The van der Waals surface area contributed by atoms with Crippen molar-refractivity contribution in [3.8, 4) is 0 Å². The summed E-state index contributed by atoms with van der Waals surface area (Å²) in [6.07, 6.45) is 18.3. The summed E-state index contributed by atoms with van der Waals surface area (Å²) in [5.74, 6) is -2.22. The minimum atomic E-state index is -5.71. The molecular weight excluding hydrogens is 1300 g/mol.